The molecule has 0 aromatic rings. The molecule has 1 N–H and O–H groups in total. The Morgan fingerprint density at radius 3 is 2.57 bits per heavy atom. The minimum absolute atomic E-state index is 0.0834. The van der Waals surface area contributed by atoms with Gasteiger partial charge in [0, 0.05) is 12.0 Å². The molecular formula is C18H32N2O. The molecule has 0 radical (unpaired) electrons. The van der Waals surface area contributed by atoms with Crippen molar-refractivity contribution < 1.29 is 5.11 Å². The van der Waals surface area contributed by atoms with E-state index in [2.05, 4.69) is 11.0 Å². The number of piperidine rings is 1. The fraction of sp³-hybridized carbons (Fsp3) is 0.944. The molecule has 2 rings (SSSR count). The van der Waals surface area contributed by atoms with Gasteiger partial charge in [-0.1, -0.05) is 19.3 Å². The van der Waals surface area contributed by atoms with E-state index in [1.807, 2.05) is 13.8 Å². The average Bonchev–Trinajstić information content (AvgIpc) is 2.48. The normalized spacial score (nSPS) is 31.8. The largest absolute Gasteiger partial charge is 0.393 e. The van der Waals surface area contributed by atoms with E-state index in [4.69, 9.17) is 5.26 Å². The number of nitrogens with zero attached hydrogens (tertiary/aromatic N) is 2. The van der Waals surface area contributed by atoms with Crippen molar-refractivity contribution in [3.63, 3.8) is 0 Å². The lowest BCUT2D eigenvalue weighted by molar-refractivity contribution is -0.00646. The van der Waals surface area contributed by atoms with Crippen molar-refractivity contribution in [3.8, 4) is 6.07 Å². The molecule has 0 spiro atoms. The van der Waals surface area contributed by atoms with Crippen molar-refractivity contribution >= 4 is 0 Å². The van der Waals surface area contributed by atoms with E-state index in [0.29, 0.717) is 12.0 Å². The van der Waals surface area contributed by atoms with Gasteiger partial charge in [-0.05, 0) is 65.5 Å². The molecule has 3 atom stereocenters. The summed E-state index contributed by atoms with van der Waals surface area (Å²) >= 11 is 0. The van der Waals surface area contributed by atoms with Crippen LogP contribution in [0.3, 0.4) is 0 Å². The first-order chi connectivity index (χ1) is 10.0. The number of likely N-dealkylation sites (tertiary alicyclic amines) is 1. The molecule has 0 aromatic carbocycles. The molecule has 1 heterocycles. The molecule has 21 heavy (non-hydrogen) atoms. The maximum absolute atomic E-state index is 10.4. The Morgan fingerprint density at radius 2 is 1.86 bits per heavy atom. The van der Waals surface area contributed by atoms with Crippen LogP contribution in [-0.2, 0) is 0 Å². The van der Waals surface area contributed by atoms with E-state index < -0.39 is 0 Å². The van der Waals surface area contributed by atoms with Gasteiger partial charge in [0.05, 0.1) is 17.6 Å². The number of hydrogen-bond acceptors (Lipinski definition) is 3. The molecule has 3 nitrogen and oxygen atoms in total. The zero-order valence-corrected chi connectivity index (χ0v) is 13.9. The third-order valence-corrected chi connectivity index (χ3v) is 5.49. The van der Waals surface area contributed by atoms with Crippen molar-refractivity contribution in [2.24, 2.45) is 11.3 Å². The third-order valence-electron chi connectivity index (χ3n) is 5.49. The second-order valence-corrected chi connectivity index (χ2v) is 7.71. The Bertz CT molecular complexity index is 361. The minimum atomic E-state index is -0.199. The average molecular weight is 292 g/mol. The molecular weight excluding hydrogens is 260 g/mol. The second kappa shape index (κ2) is 7.61. The van der Waals surface area contributed by atoms with Gasteiger partial charge in [0.1, 0.15) is 0 Å². The van der Waals surface area contributed by atoms with E-state index in [9.17, 15) is 5.11 Å². The van der Waals surface area contributed by atoms with Crippen LogP contribution in [0.1, 0.15) is 71.6 Å². The molecule has 3 heteroatoms. The monoisotopic (exact) mass is 292 g/mol. The smallest absolute Gasteiger partial charge is 0.0683 e. The molecule has 1 saturated carbocycles. The molecule has 0 aromatic heterocycles. The number of nitriles is 1. The van der Waals surface area contributed by atoms with Crippen molar-refractivity contribution in [2.75, 3.05) is 13.1 Å². The van der Waals surface area contributed by atoms with E-state index in [1.54, 1.807) is 0 Å². The van der Waals surface area contributed by atoms with Crippen LogP contribution in [0.2, 0.25) is 0 Å². The van der Waals surface area contributed by atoms with Crippen molar-refractivity contribution in [1.29, 1.82) is 5.26 Å². The maximum atomic E-state index is 10.4. The minimum Gasteiger partial charge on any atom is -0.393 e. The topological polar surface area (TPSA) is 47.3 Å². The van der Waals surface area contributed by atoms with Crippen molar-refractivity contribution in [2.45, 2.75) is 83.8 Å². The van der Waals surface area contributed by atoms with Gasteiger partial charge in [0.15, 0.2) is 0 Å². The van der Waals surface area contributed by atoms with Gasteiger partial charge in [-0.2, -0.15) is 5.26 Å². The fourth-order valence-electron chi connectivity index (χ4n) is 4.15. The Morgan fingerprint density at radius 1 is 1.14 bits per heavy atom. The molecule has 120 valence electrons. The summed E-state index contributed by atoms with van der Waals surface area (Å²) in [6.07, 6.45) is 10.5. The summed E-state index contributed by atoms with van der Waals surface area (Å²) in [5.41, 5.74) is -0.199. The lowest BCUT2D eigenvalue weighted by Gasteiger charge is -2.44. The Balaban J connectivity index is 1.88. The van der Waals surface area contributed by atoms with Crippen LogP contribution < -0.4 is 0 Å². The summed E-state index contributed by atoms with van der Waals surface area (Å²) in [6.45, 7) is 6.34. The summed E-state index contributed by atoms with van der Waals surface area (Å²) in [6, 6.07) is 2.98. The van der Waals surface area contributed by atoms with Crippen LogP contribution in [0.4, 0.5) is 0 Å². The number of hydrogen-bond donors (Lipinski definition) is 1. The van der Waals surface area contributed by atoms with Gasteiger partial charge in [-0.15, -0.1) is 0 Å². The molecule has 1 saturated heterocycles. The third kappa shape index (κ3) is 4.69. The van der Waals surface area contributed by atoms with Crippen LogP contribution in [0.5, 0.6) is 0 Å². The van der Waals surface area contributed by atoms with E-state index in [-0.39, 0.29) is 11.5 Å². The van der Waals surface area contributed by atoms with Gasteiger partial charge in [0.2, 0.25) is 0 Å². The van der Waals surface area contributed by atoms with Crippen LogP contribution in [0.15, 0.2) is 0 Å². The van der Waals surface area contributed by atoms with Crippen LogP contribution >= 0.6 is 0 Å². The Hall–Kier alpha value is -0.590. The highest BCUT2D eigenvalue weighted by molar-refractivity contribution is 4.92. The molecule has 0 amide bonds. The lowest BCUT2D eigenvalue weighted by Crippen LogP contribution is -2.49. The predicted molar refractivity (Wildman–Crippen MR) is 85.8 cm³/mol. The van der Waals surface area contributed by atoms with E-state index in [1.165, 1.54) is 45.1 Å². The first-order valence-corrected chi connectivity index (χ1v) is 8.87. The standard InChI is InChI=1S/C18H32N2O/c1-18(2,14-19)11-7-13-20-12-6-5-9-16(20)15-8-3-4-10-17(15)21/h15-17,21H,3-13H2,1-2H3. The first-order valence-electron chi connectivity index (χ1n) is 8.87. The number of aliphatic hydroxyl groups excluding tert-OH is 1. The molecule has 1 aliphatic carbocycles. The summed E-state index contributed by atoms with van der Waals surface area (Å²) in [5, 5.41) is 19.5. The molecule has 3 unspecified atom stereocenters. The maximum Gasteiger partial charge on any atom is 0.0683 e. The number of aliphatic hydroxyl groups is 1. The molecule has 2 fully saturated rings. The van der Waals surface area contributed by atoms with Crippen LogP contribution in [0.25, 0.3) is 0 Å². The highest BCUT2D eigenvalue weighted by atomic mass is 16.3. The molecule has 1 aliphatic heterocycles. The van der Waals surface area contributed by atoms with Crippen LogP contribution in [-0.4, -0.2) is 35.2 Å². The quantitative estimate of drug-likeness (QED) is 0.840. The fourth-order valence-corrected chi connectivity index (χ4v) is 4.15. The predicted octanol–water partition coefficient (Wildman–Crippen LogP) is 3.72. The molecule has 2 aliphatic rings. The van der Waals surface area contributed by atoms with Gasteiger partial charge in [0.25, 0.3) is 0 Å². The molecule has 0 bridgehead atoms. The zero-order chi connectivity index (χ0) is 15.3. The zero-order valence-electron chi connectivity index (χ0n) is 13.9. The second-order valence-electron chi connectivity index (χ2n) is 7.71. The van der Waals surface area contributed by atoms with E-state index in [0.717, 1.165) is 25.8 Å². The summed E-state index contributed by atoms with van der Waals surface area (Å²) in [4.78, 5) is 2.62. The Kier molecular flexibility index (Phi) is 6.08. The summed E-state index contributed by atoms with van der Waals surface area (Å²) in [7, 11) is 0. The first kappa shape index (κ1) is 16.8. The van der Waals surface area contributed by atoms with Gasteiger partial charge >= 0.3 is 0 Å². The SMILES string of the molecule is CC(C)(C#N)CCCN1CCCCC1C1CCCCC1O. The Labute approximate surface area is 130 Å². The van der Waals surface area contributed by atoms with Crippen molar-refractivity contribution in [3.05, 3.63) is 0 Å². The van der Waals surface area contributed by atoms with Gasteiger partial charge in [-0.3, -0.25) is 0 Å². The van der Waals surface area contributed by atoms with Gasteiger partial charge < -0.3 is 10.0 Å². The summed E-state index contributed by atoms with van der Waals surface area (Å²) in [5.74, 6) is 0.489. The van der Waals surface area contributed by atoms with Crippen LogP contribution in [0, 0.1) is 22.7 Å². The summed E-state index contributed by atoms with van der Waals surface area (Å²) < 4.78 is 0. The van der Waals surface area contributed by atoms with Gasteiger partial charge in [-0.25, -0.2) is 0 Å². The lowest BCUT2D eigenvalue weighted by atomic mass is 9.78. The highest BCUT2D eigenvalue weighted by Gasteiger charge is 2.35. The highest BCUT2D eigenvalue weighted by Crippen LogP contribution is 2.34. The number of rotatable bonds is 5. The van der Waals surface area contributed by atoms with Crippen molar-refractivity contribution in [1.82, 2.24) is 4.90 Å². The van der Waals surface area contributed by atoms with E-state index >= 15 is 0 Å².